The molecule has 1 fully saturated rings. The molecule has 3 aromatic carbocycles. The van der Waals surface area contributed by atoms with Crippen LogP contribution in [0.2, 0.25) is 0 Å². The second kappa shape index (κ2) is 8.14. The molecule has 0 spiro atoms. The van der Waals surface area contributed by atoms with Crippen molar-refractivity contribution in [2.45, 2.75) is 0 Å². The lowest BCUT2D eigenvalue weighted by molar-refractivity contribution is 0.0749. The first-order chi connectivity index (χ1) is 15.2. The number of benzene rings is 3. The monoisotopic (exact) mass is 412 g/mol. The van der Waals surface area contributed by atoms with Crippen molar-refractivity contribution in [2.75, 3.05) is 31.1 Å². The number of para-hydroxylation sites is 1. The lowest BCUT2D eigenvalue weighted by atomic mass is 10.0. The largest absolute Gasteiger partial charge is 0.366 e. The molecule has 0 atom stereocenters. The zero-order chi connectivity index (χ0) is 21.2. The Labute approximate surface area is 179 Å². The molecule has 0 bridgehead atoms. The number of halogens is 1. The van der Waals surface area contributed by atoms with Crippen molar-refractivity contribution in [3.05, 3.63) is 90.2 Å². The fourth-order valence-corrected chi connectivity index (χ4v) is 4.09. The van der Waals surface area contributed by atoms with E-state index in [4.69, 9.17) is 0 Å². The molecule has 0 radical (unpaired) electrons. The average molecular weight is 412 g/mol. The molecular formula is C25H21FN4O. The van der Waals surface area contributed by atoms with E-state index in [9.17, 15) is 9.18 Å². The normalized spacial score (nSPS) is 14.1. The van der Waals surface area contributed by atoms with Crippen LogP contribution in [0.5, 0.6) is 0 Å². The summed E-state index contributed by atoms with van der Waals surface area (Å²) in [6.07, 6.45) is 0. The first-order valence-electron chi connectivity index (χ1n) is 10.3. The van der Waals surface area contributed by atoms with Gasteiger partial charge in [-0.05, 0) is 18.2 Å². The van der Waals surface area contributed by atoms with Gasteiger partial charge in [0.05, 0.1) is 16.8 Å². The molecule has 2 heterocycles. The van der Waals surface area contributed by atoms with E-state index in [1.54, 1.807) is 12.1 Å². The number of carbonyl (C=O) groups excluding carboxylic acids is 1. The number of aromatic nitrogens is 2. The minimum atomic E-state index is -0.238. The highest BCUT2D eigenvalue weighted by Gasteiger charge is 2.27. The second-order valence-electron chi connectivity index (χ2n) is 7.54. The smallest absolute Gasteiger partial charge is 0.256 e. The summed E-state index contributed by atoms with van der Waals surface area (Å²) in [5, 5.41) is 9.54. The Morgan fingerprint density at radius 3 is 2.23 bits per heavy atom. The molecule has 6 heteroatoms. The first-order valence-corrected chi connectivity index (χ1v) is 10.3. The first kappa shape index (κ1) is 19.2. The Morgan fingerprint density at radius 2 is 1.45 bits per heavy atom. The molecule has 1 aliphatic heterocycles. The quantitative estimate of drug-likeness (QED) is 0.501. The Hall–Kier alpha value is -3.80. The van der Waals surface area contributed by atoms with Gasteiger partial charge in [-0.25, -0.2) is 4.39 Å². The highest BCUT2D eigenvalue weighted by molar-refractivity contribution is 6.10. The minimum absolute atomic E-state index is 0.0712. The minimum Gasteiger partial charge on any atom is -0.366 e. The standard InChI is InChI=1S/C25H21FN4O/c26-20-11-5-7-13-22(20)29-14-16-30(17-15-29)25(31)23-19-10-4-6-12-21(19)27-28-24(23)18-8-2-1-3-9-18/h1-13H,14-17H2. The zero-order valence-corrected chi connectivity index (χ0v) is 16.9. The van der Waals surface area contributed by atoms with Crippen molar-refractivity contribution in [3.63, 3.8) is 0 Å². The Morgan fingerprint density at radius 1 is 0.774 bits per heavy atom. The van der Waals surface area contributed by atoms with E-state index in [1.165, 1.54) is 6.07 Å². The number of rotatable bonds is 3. The molecule has 1 amide bonds. The van der Waals surface area contributed by atoms with Crippen LogP contribution in [-0.2, 0) is 0 Å². The summed E-state index contributed by atoms with van der Waals surface area (Å²) < 4.78 is 14.2. The van der Waals surface area contributed by atoms with Crippen LogP contribution in [0.4, 0.5) is 10.1 Å². The fourth-order valence-electron chi connectivity index (χ4n) is 4.09. The predicted octanol–water partition coefficient (Wildman–Crippen LogP) is 4.40. The number of nitrogens with zero attached hydrogens (tertiary/aromatic N) is 4. The summed E-state index contributed by atoms with van der Waals surface area (Å²) in [4.78, 5) is 17.5. The van der Waals surface area contributed by atoms with Gasteiger partial charge in [0.2, 0.25) is 0 Å². The summed E-state index contributed by atoms with van der Waals surface area (Å²) in [7, 11) is 0. The van der Waals surface area contributed by atoms with Crippen LogP contribution >= 0.6 is 0 Å². The molecule has 5 rings (SSSR count). The third kappa shape index (κ3) is 3.61. The Kier molecular flexibility index (Phi) is 5.04. The summed E-state index contributed by atoms with van der Waals surface area (Å²) in [6, 6.07) is 24.0. The van der Waals surface area contributed by atoms with Crippen LogP contribution < -0.4 is 4.90 Å². The molecule has 5 nitrogen and oxygen atoms in total. The molecule has 1 aliphatic rings. The van der Waals surface area contributed by atoms with Gasteiger partial charge < -0.3 is 9.80 Å². The molecule has 1 saturated heterocycles. The summed E-state index contributed by atoms with van der Waals surface area (Å²) in [5.74, 6) is -0.309. The lowest BCUT2D eigenvalue weighted by Crippen LogP contribution is -2.49. The maximum absolute atomic E-state index is 14.2. The molecule has 0 unspecified atom stereocenters. The average Bonchev–Trinajstić information content (AvgIpc) is 2.84. The number of amides is 1. The third-order valence-electron chi connectivity index (χ3n) is 5.69. The number of fused-ring (bicyclic) bond motifs is 1. The summed E-state index contributed by atoms with van der Waals surface area (Å²) >= 11 is 0. The number of carbonyl (C=O) groups is 1. The lowest BCUT2D eigenvalue weighted by Gasteiger charge is -2.36. The Balaban J connectivity index is 1.48. The SMILES string of the molecule is O=C(c1c(-c2ccccc2)nnc2ccccc12)N1CCN(c2ccccc2F)CC1. The topological polar surface area (TPSA) is 49.3 Å². The maximum Gasteiger partial charge on any atom is 0.256 e. The fraction of sp³-hybridized carbons (Fsp3) is 0.160. The van der Waals surface area contributed by atoms with E-state index in [0.29, 0.717) is 48.6 Å². The molecule has 31 heavy (non-hydrogen) atoms. The van der Waals surface area contributed by atoms with Crippen molar-refractivity contribution >= 4 is 22.5 Å². The molecular weight excluding hydrogens is 391 g/mol. The van der Waals surface area contributed by atoms with Crippen LogP contribution in [0.15, 0.2) is 78.9 Å². The molecule has 0 saturated carbocycles. The van der Waals surface area contributed by atoms with Crippen LogP contribution in [0, 0.1) is 5.82 Å². The third-order valence-corrected chi connectivity index (χ3v) is 5.69. The van der Waals surface area contributed by atoms with Gasteiger partial charge in [-0.15, -0.1) is 10.2 Å². The molecule has 0 N–H and O–H groups in total. The van der Waals surface area contributed by atoms with Crippen molar-refractivity contribution in [1.82, 2.24) is 15.1 Å². The van der Waals surface area contributed by atoms with Gasteiger partial charge >= 0.3 is 0 Å². The maximum atomic E-state index is 14.2. The van der Waals surface area contributed by atoms with E-state index in [2.05, 4.69) is 10.2 Å². The van der Waals surface area contributed by atoms with Gasteiger partial charge in [-0.3, -0.25) is 4.79 Å². The molecule has 4 aromatic rings. The second-order valence-corrected chi connectivity index (χ2v) is 7.54. The van der Waals surface area contributed by atoms with Gasteiger partial charge in [-0.1, -0.05) is 60.7 Å². The van der Waals surface area contributed by atoms with Crippen molar-refractivity contribution in [1.29, 1.82) is 0 Å². The summed E-state index contributed by atoms with van der Waals surface area (Å²) in [5.41, 5.74) is 3.28. The van der Waals surface area contributed by atoms with E-state index in [1.807, 2.05) is 70.5 Å². The number of hydrogen-bond acceptors (Lipinski definition) is 4. The van der Waals surface area contributed by atoms with E-state index in [-0.39, 0.29) is 11.7 Å². The number of hydrogen-bond donors (Lipinski definition) is 0. The van der Waals surface area contributed by atoms with Crippen LogP contribution in [0.3, 0.4) is 0 Å². The highest BCUT2D eigenvalue weighted by atomic mass is 19.1. The van der Waals surface area contributed by atoms with Crippen LogP contribution in [-0.4, -0.2) is 47.2 Å². The van der Waals surface area contributed by atoms with E-state index < -0.39 is 0 Å². The summed E-state index contributed by atoms with van der Waals surface area (Å²) in [6.45, 7) is 2.17. The number of anilines is 1. The molecule has 1 aromatic heterocycles. The zero-order valence-electron chi connectivity index (χ0n) is 16.9. The van der Waals surface area contributed by atoms with Crippen LogP contribution in [0.25, 0.3) is 22.2 Å². The van der Waals surface area contributed by atoms with Gasteiger partial charge in [-0.2, -0.15) is 0 Å². The van der Waals surface area contributed by atoms with Crippen molar-refractivity contribution in [3.8, 4) is 11.3 Å². The van der Waals surface area contributed by atoms with Gasteiger partial charge in [0.25, 0.3) is 5.91 Å². The highest BCUT2D eigenvalue weighted by Crippen LogP contribution is 2.29. The predicted molar refractivity (Wildman–Crippen MR) is 119 cm³/mol. The van der Waals surface area contributed by atoms with Gasteiger partial charge in [0.1, 0.15) is 11.5 Å². The van der Waals surface area contributed by atoms with Crippen LogP contribution in [0.1, 0.15) is 10.4 Å². The van der Waals surface area contributed by atoms with Crippen molar-refractivity contribution in [2.24, 2.45) is 0 Å². The molecule has 0 aliphatic carbocycles. The number of piperazine rings is 1. The van der Waals surface area contributed by atoms with Gasteiger partial charge in [0.15, 0.2) is 0 Å². The van der Waals surface area contributed by atoms with Gasteiger partial charge in [0, 0.05) is 37.1 Å². The Bertz CT molecular complexity index is 1240. The van der Waals surface area contributed by atoms with E-state index >= 15 is 0 Å². The van der Waals surface area contributed by atoms with Crippen molar-refractivity contribution < 1.29 is 9.18 Å². The molecule has 154 valence electrons. The van der Waals surface area contributed by atoms with E-state index in [0.717, 1.165) is 10.9 Å².